The van der Waals surface area contributed by atoms with Gasteiger partial charge in [-0.3, -0.25) is 9.59 Å². The fourth-order valence-corrected chi connectivity index (χ4v) is 2.71. The lowest BCUT2D eigenvalue weighted by atomic mass is 10.1. The first-order valence-corrected chi connectivity index (χ1v) is 7.47. The minimum Gasteiger partial charge on any atom is -0.378 e. The first kappa shape index (κ1) is 14.7. The van der Waals surface area contributed by atoms with Crippen LogP contribution in [0.2, 0.25) is 0 Å². The van der Waals surface area contributed by atoms with Crippen molar-refractivity contribution >= 4 is 17.8 Å². The number of fused-ring (bicyclic) bond motifs is 1. The summed E-state index contributed by atoms with van der Waals surface area (Å²) in [5.74, 6) is -1.78. The second-order valence-electron chi connectivity index (χ2n) is 5.44. The summed E-state index contributed by atoms with van der Waals surface area (Å²) in [4.78, 5) is 40.9. The molecule has 0 N–H and O–H groups in total. The molecule has 0 saturated carbocycles. The van der Waals surface area contributed by atoms with E-state index in [9.17, 15) is 14.4 Å². The average molecular weight is 303 g/mol. The predicted octanol–water partition coefficient (Wildman–Crippen LogP) is 2.09. The molecule has 1 aromatic carbocycles. The van der Waals surface area contributed by atoms with Gasteiger partial charge in [0.15, 0.2) is 0 Å². The van der Waals surface area contributed by atoms with Crippen LogP contribution in [0.25, 0.3) is 0 Å². The van der Waals surface area contributed by atoms with Crippen LogP contribution in [0.15, 0.2) is 24.3 Å². The van der Waals surface area contributed by atoms with E-state index in [0.717, 1.165) is 25.9 Å². The zero-order valence-corrected chi connectivity index (χ0v) is 12.1. The van der Waals surface area contributed by atoms with Crippen molar-refractivity contribution in [3.05, 3.63) is 35.4 Å². The van der Waals surface area contributed by atoms with E-state index in [1.807, 2.05) is 0 Å². The molecule has 0 spiro atoms. The number of hydrogen-bond donors (Lipinski definition) is 0. The molecule has 1 aromatic rings. The average Bonchev–Trinajstić information content (AvgIpc) is 2.79. The molecule has 2 heterocycles. The Morgan fingerprint density at radius 2 is 1.86 bits per heavy atom. The highest BCUT2D eigenvalue weighted by atomic mass is 16.7. The van der Waals surface area contributed by atoms with Crippen molar-refractivity contribution in [2.75, 3.05) is 6.61 Å². The number of amides is 2. The van der Waals surface area contributed by atoms with Gasteiger partial charge in [0.25, 0.3) is 11.8 Å². The number of benzene rings is 1. The Morgan fingerprint density at radius 3 is 2.45 bits per heavy atom. The van der Waals surface area contributed by atoms with E-state index in [0.29, 0.717) is 11.5 Å². The minimum absolute atomic E-state index is 0.0588. The van der Waals surface area contributed by atoms with E-state index >= 15 is 0 Å². The molecule has 1 saturated heterocycles. The van der Waals surface area contributed by atoms with Crippen LogP contribution >= 0.6 is 0 Å². The summed E-state index contributed by atoms with van der Waals surface area (Å²) in [6.45, 7) is 0.720. The molecule has 6 heteroatoms. The fraction of sp³-hybridized carbons (Fsp3) is 0.438. The lowest BCUT2D eigenvalue weighted by molar-refractivity contribution is -0.169. The zero-order valence-electron chi connectivity index (χ0n) is 12.1. The van der Waals surface area contributed by atoms with Crippen molar-refractivity contribution in [1.82, 2.24) is 5.06 Å². The minimum atomic E-state index is -0.595. The number of ether oxygens (including phenoxy) is 1. The molecule has 2 aliphatic rings. The normalized spacial score (nSPS) is 20.9. The summed E-state index contributed by atoms with van der Waals surface area (Å²) in [6.07, 6.45) is 3.80. The molecule has 0 aliphatic carbocycles. The molecular weight excluding hydrogens is 286 g/mol. The van der Waals surface area contributed by atoms with Crippen LogP contribution in [0, 0.1) is 0 Å². The third kappa shape index (κ3) is 2.87. The van der Waals surface area contributed by atoms with Crippen LogP contribution in [-0.4, -0.2) is 35.6 Å². The van der Waals surface area contributed by atoms with Crippen LogP contribution < -0.4 is 0 Å². The molecule has 3 rings (SSSR count). The van der Waals surface area contributed by atoms with Gasteiger partial charge in [-0.25, -0.2) is 4.79 Å². The summed E-state index contributed by atoms with van der Waals surface area (Å²) >= 11 is 0. The van der Waals surface area contributed by atoms with Crippen LogP contribution in [0.3, 0.4) is 0 Å². The second kappa shape index (κ2) is 6.27. The Bertz CT molecular complexity index is 571. The maximum atomic E-state index is 12.1. The smallest absolute Gasteiger partial charge is 0.333 e. The maximum Gasteiger partial charge on any atom is 0.333 e. The number of hydroxylamine groups is 2. The molecule has 1 fully saturated rings. The van der Waals surface area contributed by atoms with Crippen molar-refractivity contribution < 1.29 is 24.0 Å². The summed E-state index contributed by atoms with van der Waals surface area (Å²) < 4.78 is 5.54. The molecule has 2 amide bonds. The van der Waals surface area contributed by atoms with Gasteiger partial charge < -0.3 is 9.57 Å². The largest absolute Gasteiger partial charge is 0.378 e. The standard InChI is InChI=1S/C16H17NO5/c18-14(9-8-11-5-3-4-10-21-11)22-17-15(19)12-6-1-2-7-13(12)16(17)20/h1-2,6-7,11H,3-5,8-10H2. The summed E-state index contributed by atoms with van der Waals surface area (Å²) in [6, 6.07) is 6.41. The van der Waals surface area contributed by atoms with Gasteiger partial charge in [0.1, 0.15) is 0 Å². The number of imide groups is 1. The van der Waals surface area contributed by atoms with Crippen molar-refractivity contribution in [1.29, 1.82) is 0 Å². The van der Waals surface area contributed by atoms with Gasteiger partial charge in [-0.15, -0.1) is 0 Å². The van der Waals surface area contributed by atoms with Gasteiger partial charge >= 0.3 is 5.97 Å². The van der Waals surface area contributed by atoms with E-state index in [1.54, 1.807) is 24.3 Å². The molecule has 0 bridgehead atoms. The number of carbonyl (C=O) groups is 3. The quantitative estimate of drug-likeness (QED) is 0.796. The number of carbonyl (C=O) groups excluding carboxylic acids is 3. The third-order valence-electron chi connectivity index (χ3n) is 3.89. The van der Waals surface area contributed by atoms with E-state index in [-0.39, 0.29) is 23.7 Å². The number of nitrogens with zero attached hydrogens (tertiary/aromatic N) is 1. The molecule has 1 atom stereocenters. The van der Waals surface area contributed by atoms with Crippen molar-refractivity contribution in [3.8, 4) is 0 Å². The lowest BCUT2D eigenvalue weighted by Gasteiger charge is -2.22. The Hall–Kier alpha value is -2.21. The lowest BCUT2D eigenvalue weighted by Crippen LogP contribution is -2.33. The van der Waals surface area contributed by atoms with Crippen molar-refractivity contribution in [2.24, 2.45) is 0 Å². The molecule has 0 aromatic heterocycles. The monoisotopic (exact) mass is 303 g/mol. The molecule has 116 valence electrons. The van der Waals surface area contributed by atoms with Crippen molar-refractivity contribution in [3.63, 3.8) is 0 Å². The highest BCUT2D eigenvalue weighted by Gasteiger charge is 2.38. The Kier molecular flexibility index (Phi) is 4.20. The Labute approximate surface area is 127 Å². The highest BCUT2D eigenvalue weighted by molar-refractivity contribution is 6.20. The van der Waals surface area contributed by atoms with Gasteiger partial charge in [0, 0.05) is 6.61 Å². The summed E-state index contributed by atoms with van der Waals surface area (Å²) in [5, 5.41) is 0.550. The first-order chi connectivity index (χ1) is 10.7. The van der Waals surface area contributed by atoms with E-state index in [4.69, 9.17) is 9.57 Å². The molecule has 0 radical (unpaired) electrons. The first-order valence-electron chi connectivity index (χ1n) is 7.47. The van der Waals surface area contributed by atoms with E-state index in [2.05, 4.69) is 0 Å². The van der Waals surface area contributed by atoms with Gasteiger partial charge in [-0.05, 0) is 37.8 Å². The SMILES string of the molecule is O=C(CCC1CCCCO1)ON1C(=O)c2ccccc2C1=O. The van der Waals surface area contributed by atoms with Gasteiger partial charge in [0.05, 0.1) is 23.7 Å². The van der Waals surface area contributed by atoms with Gasteiger partial charge in [0.2, 0.25) is 0 Å². The molecular formula is C16H17NO5. The number of hydrogen-bond acceptors (Lipinski definition) is 5. The topological polar surface area (TPSA) is 72.9 Å². The third-order valence-corrected chi connectivity index (χ3v) is 3.89. The van der Waals surface area contributed by atoms with Gasteiger partial charge in [-0.2, -0.15) is 0 Å². The van der Waals surface area contributed by atoms with Crippen LogP contribution in [0.5, 0.6) is 0 Å². The molecule has 1 unspecified atom stereocenters. The van der Waals surface area contributed by atoms with E-state index < -0.39 is 17.8 Å². The van der Waals surface area contributed by atoms with Crippen LogP contribution in [-0.2, 0) is 14.4 Å². The number of rotatable bonds is 4. The summed E-state index contributed by atoms with van der Waals surface area (Å²) in [5.41, 5.74) is 0.520. The summed E-state index contributed by atoms with van der Waals surface area (Å²) in [7, 11) is 0. The fourth-order valence-electron chi connectivity index (χ4n) is 2.71. The predicted molar refractivity (Wildman–Crippen MR) is 75.9 cm³/mol. The van der Waals surface area contributed by atoms with E-state index in [1.165, 1.54) is 0 Å². The second-order valence-corrected chi connectivity index (χ2v) is 5.44. The maximum absolute atomic E-state index is 12.1. The Morgan fingerprint density at radius 1 is 1.18 bits per heavy atom. The molecule has 22 heavy (non-hydrogen) atoms. The molecule has 6 nitrogen and oxygen atoms in total. The highest BCUT2D eigenvalue weighted by Crippen LogP contribution is 2.23. The zero-order chi connectivity index (χ0) is 15.5. The van der Waals surface area contributed by atoms with Crippen molar-refractivity contribution in [2.45, 2.75) is 38.2 Å². The van der Waals surface area contributed by atoms with Crippen LogP contribution in [0.4, 0.5) is 0 Å². The Balaban J connectivity index is 1.56. The molecule has 2 aliphatic heterocycles. The van der Waals surface area contributed by atoms with Gasteiger partial charge in [-0.1, -0.05) is 17.2 Å². The van der Waals surface area contributed by atoms with Crippen LogP contribution in [0.1, 0.15) is 52.8 Å².